The van der Waals surface area contributed by atoms with Crippen molar-refractivity contribution in [2.75, 3.05) is 94.0 Å². The zero-order valence-electron chi connectivity index (χ0n) is 78.2. The molecule has 0 aliphatic heterocycles. The van der Waals surface area contributed by atoms with Crippen LogP contribution in [-0.2, 0) is 28.4 Å². The molecule has 0 spiro atoms. The highest BCUT2D eigenvalue weighted by Crippen LogP contribution is 2.45. The number of rotatable bonds is 34. The second kappa shape index (κ2) is 48.2. The van der Waals surface area contributed by atoms with Crippen molar-refractivity contribution in [3.05, 3.63) is 151 Å². The van der Waals surface area contributed by atoms with Crippen LogP contribution in [0.15, 0.2) is 140 Å². The van der Waals surface area contributed by atoms with Gasteiger partial charge in [0.25, 0.3) is 5.70 Å². The summed E-state index contributed by atoms with van der Waals surface area (Å²) in [6.07, 6.45) is 62.3. The molecule has 18 nitrogen and oxygen atoms in total. The molecule has 11 aliphatic rings. The van der Waals surface area contributed by atoms with Crippen LogP contribution < -0.4 is 0 Å². The average Bonchev–Trinajstić information content (AvgIpc) is 0.824. The van der Waals surface area contributed by atoms with Gasteiger partial charge in [-0.05, 0) is 349 Å². The Morgan fingerprint density at radius 1 is 0.360 bits per heavy atom. The molecule has 11 aliphatic carbocycles. The van der Waals surface area contributed by atoms with E-state index in [1.165, 1.54) is 22.3 Å². The number of nitrogens with zero attached hydrogens (tertiary/aromatic N) is 12. The number of allylic oxidation sites excluding steroid dienone is 24. The van der Waals surface area contributed by atoms with Crippen molar-refractivity contribution in [2.24, 2.45) is 57.7 Å². The monoisotopic (exact) mass is 1700 g/mol. The minimum absolute atomic E-state index is 0.00193. The summed E-state index contributed by atoms with van der Waals surface area (Å²) in [5.41, 5.74) is 9.27. The molecule has 18 heteroatoms. The Kier molecular flexibility index (Phi) is 37.8. The third-order valence-electron chi connectivity index (χ3n) is 30.0. The predicted molar refractivity (Wildman–Crippen MR) is 495 cm³/mol. The molecular formula is C107H150N12O6. The zero-order valence-corrected chi connectivity index (χ0v) is 78.2. The molecule has 0 heterocycles. The molecule has 0 saturated heterocycles. The quantitative estimate of drug-likeness (QED) is 0.0430. The predicted octanol–water partition coefficient (Wildman–Crippen LogP) is 22.0. The van der Waals surface area contributed by atoms with Crippen LogP contribution in [0.1, 0.15) is 267 Å². The van der Waals surface area contributed by atoms with E-state index >= 15 is 0 Å². The van der Waals surface area contributed by atoms with Crippen molar-refractivity contribution in [3.63, 3.8) is 0 Å². The third kappa shape index (κ3) is 30.8. The fourth-order valence-electron chi connectivity index (χ4n) is 22.9. The van der Waals surface area contributed by atoms with Crippen LogP contribution in [0.5, 0.6) is 0 Å². The molecular weight excluding hydrogens is 1550 g/mol. The van der Waals surface area contributed by atoms with Crippen LogP contribution in [0.25, 0.3) is 4.85 Å². The van der Waals surface area contributed by atoms with Crippen LogP contribution in [0, 0.1) is 144 Å². The topological polar surface area (TPSA) is 239 Å². The average molecular weight is 1700 g/mol. The molecule has 0 amide bonds. The Hall–Kier alpha value is -7.60. The van der Waals surface area contributed by atoms with E-state index in [1.807, 2.05) is 0 Å². The van der Waals surface area contributed by atoms with Crippen LogP contribution >= 0.6 is 0 Å². The summed E-state index contributed by atoms with van der Waals surface area (Å²) < 4.78 is 42.2. The van der Waals surface area contributed by atoms with Crippen molar-refractivity contribution in [1.82, 2.24) is 19.6 Å². The summed E-state index contributed by atoms with van der Waals surface area (Å²) in [4.78, 5) is 13.7. The molecule has 0 aromatic heterocycles. The highest BCUT2D eigenvalue weighted by molar-refractivity contribution is 5.51. The Balaban J connectivity index is 0.675. The molecule has 0 N–H and O–H groups in total. The molecule has 11 rings (SSSR count). The van der Waals surface area contributed by atoms with Gasteiger partial charge in [0.1, 0.15) is 53.1 Å². The molecule has 7 fully saturated rings. The number of likely N-dealkylation sites (N-methyl/N-ethyl adjacent to an activating group) is 4. The van der Waals surface area contributed by atoms with Gasteiger partial charge in [0.15, 0.2) is 0 Å². The zero-order chi connectivity index (χ0) is 89.1. The van der Waals surface area contributed by atoms with Crippen molar-refractivity contribution in [2.45, 2.75) is 328 Å². The first-order valence-corrected chi connectivity index (χ1v) is 48.4. The number of ether oxygens (including phenoxy) is 6. The summed E-state index contributed by atoms with van der Waals surface area (Å²) in [7, 11) is 9.12. The van der Waals surface area contributed by atoms with Crippen LogP contribution in [0.4, 0.5) is 0 Å². The van der Waals surface area contributed by atoms with Crippen molar-refractivity contribution < 1.29 is 28.4 Å². The Morgan fingerprint density at radius 2 is 0.640 bits per heavy atom. The van der Waals surface area contributed by atoms with Gasteiger partial charge in [-0.2, -0.15) is 31.6 Å². The molecule has 9 unspecified atom stereocenters. The summed E-state index contributed by atoms with van der Waals surface area (Å²) in [5.74, 6) is 3.18. The number of hydrogen-bond acceptors (Lipinski definition) is 17. The van der Waals surface area contributed by atoms with E-state index in [-0.39, 0.29) is 75.3 Å². The van der Waals surface area contributed by atoms with E-state index in [0.29, 0.717) is 105 Å². The van der Waals surface area contributed by atoms with Crippen molar-refractivity contribution in [1.29, 1.82) is 36.8 Å². The fraction of sp³-hybridized carbons (Fsp3) is 0.701. The Labute approximate surface area is 753 Å². The standard InChI is InChI=1S/C107H150N12O6/c1-76-48-98(124-74-85-54-100(120-44-40-116(9)94-32-24-77(25-33-94)16-20-81-14-13-15-87(50-81)91(67-108)68-109)59-101(55-85)121-45-41-117(10)95-34-26-78(27-35-95)17-21-82-51-88(92(69-110)70-111)64-105(2,3)61-82)58-99(49-76)125-75-86-56-102(122-46-42-118(11)96-36-28-79(29-37-96)18-22-83-52-89(93(71-112)72-113)65-106(4,5)62-83)60-103(57-86)123-47-43-119(12)97-38-30-80(31-39-97)19-23-84-53-90(104(73-114)115-8)66-107(6,7)63-84/h16-23,50-53,76-80,85-86,94-103H,13-15,24-49,54-66,74-75H2,1-7,9-12H3/b20-16+,21-17+,22-18+,23-19+,104-90+. The first-order valence-electron chi connectivity index (χ1n) is 48.4. The SMILES string of the molecule is [C-]#[N+]/C(C#N)=C1C=C(/C=C/C2CCC(N(C)CCOC3CC(COC4CC(C)CC(OCC5CC(OCCN(C)C6CCC(/C=C/C7=CC(=C(C#N)C#N)CCC7)CC6)CC(OCCN(C)C6CCC(/C=C/C7=CC(=C(C#N)C#N)CC(C)(C)C7)CC6)C5)C4)CC(OCCN(C)C4CCC(/C=C/C5=CC(=C(C#N)C#N)CC(C)(C)C5)CC4)C3)CC2)CC(C)(C)C\1. The van der Waals surface area contributed by atoms with Gasteiger partial charge in [-0.25, -0.2) is 10.1 Å². The second-order valence-corrected chi connectivity index (χ2v) is 42.2. The van der Waals surface area contributed by atoms with Crippen LogP contribution in [0.2, 0.25) is 0 Å². The Bertz CT molecular complexity index is 4160. The lowest BCUT2D eigenvalue weighted by Gasteiger charge is -2.39. The largest absolute Gasteiger partial charge is 0.378 e. The van der Waals surface area contributed by atoms with Gasteiger partial charge in [-0.3, -0.25) is 0 Å². The molecule has 0 aromatic carbocycles. The minimum Gasteiger partial charge on any atom is -0.378 e. The van der Waals surface area contributed by atoms with E-state index in [4.69, 9.17) is 35.0 Å². The highest BCUT2D eigenvalue weighted by atomic mass is 16.5. The Morgan fingerprint density at radius 3 is 0.944 bits per heavy atom. The van der Waals surface area contributed by atoms with E-state index < -0.39 is 0 Å². The lowest BCUT2D eigenvalue weighted by molar-refractivity contribution is -0.111. The van der Waals surface area contributed by atoms with E-state index in [0.717, 1.165) is 267 Å². The molecule has 125 heavy (non-hydrogen) atoms. The normalized spacial score (nSPS) is 31.4. The first-order chi connectivity index (χ1) is 60.2. The van der Waals surface area contributed by atoms with E-state index in [2.05, 4.69) is 216 Å². The van der Waals surface area contributed by atoms with Gasteiger partial charge in [-0.1, -0.05) is 121 Å². The van der Waals surface area contributed by atoms with E-state index in [9.17, 15) is 36.8 Å². The van der Waals surface area contributed by atoms with Gasteiger partial charge >= 0.3 is 0 Å². The molecule has 9 atom stereocenters. The third-order valence-corrected chi connectivity index (χ3v) is 30.0. The summed E-state index contributed by atoms with van der Waals surface area (Å²) in [6.45, 7) is 31.0. The molecule has 0 aromatic rings. The van der Waals surface area contributed by atoms with Gasteiger partial charge < -0.3 is 48.0 Å². The smallest absolute Gasteiger partial charge is 0.265 e. The molecule has 0 radical (unpaired) electrons. The van der Waals surface area contributed by atoms with Gasteiger partial charge in [0.2, 0.25) is 0 Å². The van der Waals surface area contributed by atoms with Crippen molar-refractivity contribution in [3.8, 4) is 42.5 Å². The van der Waals surface area contributed by atoms with Crippen LogP contribution in [0.3, 0.4) is 0 Å². The lowest BCUT2D eigenvalue weighted by atomic mass is 9.74. The minimum atomic E-state index is 0.00193. The first kappa shape index (κ1) is 98.0. The van der Waals surface area contributed by atoms with E-state index in [1.54, 1.807) is 0 Å². The van der Waals surface area contributed by atoms with Gasteiger partial charge in [0.05, 0.1) is 75.7 Å². The number of hydrogen-bond donors (Lipinski definition) is 0. The van der Waals surface area contributed by atoms with Gasteiger partial charge in [-0.15, -0.1) is 0 Å². The highest BCUT2D eigenvalue weighted by Gasteiger charge is 2.39. The number of nitriles is 7. The second-order valence-electron chi connectivity index (χ2n) is 42.2. The summed E-state index contributed by atoms with van der Waals surface area (Å²) in [5, 5.41) is 67.3. The summed E-state index contributed by atoms with van der Waals surface area (Å²) in [6, 6.07) is 16.9. The van der Waals surface area contributed by atoms with Crippen molar-refractivity contribution >= 4 is 0 Å². The lowest BCUT2D eigenvalue weighted by Crippen LogP contribution is -2.41. The maximum absolute atomic E-state index is 9.67. The fourth-order valence-corrected chi connectivity index (χ4v) is 22.9. The maximum Gasteiger partial charge on any atom is 0.265 e. The molecule has 7 saturated carbocycles. The maximum atomic E-state index is 9.67. The molecule has 0 bridgehead atoms. The molecule has 674 valence electrons. The summed E-state index contributed by atoms with van der Waals surface area (Å²) >= 11 is 0. The van der Waals surface area contributed by atoms with Gasteiger partial charge in [0, 0.05) is 63.6 Å². The van der Waals surface area contributed by atoms with Crippen LogP contribution in [-0.4, -0.2) is 174 Å².